The van der Waals surface area contributed by atoms with Crippen molar-refractivity contribution in [2.45, 2.75) is 25.9 Å². The summed E-state index contributed by atoms with van der Waals surface area (Å²) in [5.41, 5.74) is 11.8. The lowest BCUT2D eigenvalue weighted by Gasteiger charge is -2.35. The quantitative estimate of drug-likeness (QED) is 0.748. The molecular formula is C13H21N5O2S. The fraction of sp³-hybridized carbons (Fsp3) is 0.615. The van der Waals surface area contributed by atoms with Gasteiger partial charge in [0, 0.05) is 38.1 Å². The predicted molar refractivity (Wildman–Crippen MR) is 80.5 cm³/mol. The second kappa shape index (κ2) is 6.97. The maximum atomic E-state index is 12.1. The minimum absolute atomic E-state index is 0.100. The number of nitrogens with zero attached hydrogens (tertiary/aromatic N) is 3. The third-order valence-electron chi connectivity index (χ3n) is 3.47. The van der Waals surface area contributed by atoms with Crippen molar-refractivity contribution in [1.82, 2.24) is 14.8 Å². The van der Waals surface area contributed by atoms with E-state index in [1.54, 1.807) is 16.2 Å². The molecule has 0 bridgehead atoms. The summed E-state index contributed by atoms with van der Waals surface area (Å²) in [6.45, 7) is 5.60. The van der Waals surface area contributed by atoms with Gasteiger partial charge in [0.1, 0.15) is 0 Å². The number of carbonyl (C=O) groups is 2. The second-order valence-corrected chi connectivity index (χ2v) is 6.30. The van der Waals surface area contributed by atoms with Crippen LogP contribution in [0.15, 0.2) is 5.38 Å². The van der Waals surface area contributed by atoms with Crippen LogP contribution in [0.25, 0.3) is 0 Å². The van der Waals surface area contributed by atoms with Gasteiger partial charge in [-0.1, -0.05) is 0 Å². The van der Waals surface area contributed by atoms with Crippen molar-refractivity contribution in [3.05, 3.63) is 16.1 Å². The maximum Gasteiger partial charge on any atom is 0.240 e. The van der Waals surface area contributed by atoms with Crippen LogP contribution in [0.3, 0.4) is 0 Å². The fourth-order valence-electron chi connectivity index (χ4n) is 2.37. The molecular weight excluding hydrogens is 290 g/mol. The van der Waals surface area contributed by atoms with E-state index in [0.29, 0.717) is 13.1 Å². The van der Waals surface area contributed by atoms with Crippen molar-refractivity contribution in [3.8, 4) is 0 Å². The average molecular weight is 311 g/mol. The summed E-state index contributed by atoms with van der Waals surface area (Å²) in [6, 6.07) is -0.824. The molecule has 0 aliphatic carbocycles. The molecule has 1 unspecified atom stereocenters. The Kier molecular flexibility index (Phi) is 5.27. The van der Waals surface area contributed by atoms with Gasteiger partial charge in [0.2, 0.25) is 11.8 Å². The Hall–Kier alpha value is -1.51. The summed E-state index contributed by atoms with van der Waals surface area (Å²) in [7, 11) is 0. The molecule has 2 rings (SSSR count). The lowest BCUT2D eigenvalue weighted by atomic mass is 10.1. The number of hydrogen-bond donors (Lipinski definition) is 2. The zero-order valence-electron chi connectivity index (χ0n) is 12.1. The van der Waals surface area contributed by atoms with Crippen LogP contribution in [-0.2, 0) is 16.1 Å². The van der Waals surface area contributed by atoms with Crippen molar-refractivity contribution in [1.29, 1.82) is 0 Å². The summed E-state index contributed by atoms with van der Waals surface area (Å²) in [4.78, 5) is 31.3. The molecule has 1 aromatic heterocycles. The van der Waals surface area contributed by atoms with E-state index >= 15 is 0 Å². The summed E-state index contributed by atoms with van der Waals surface area (Å²) in [5, 5.41) is 3.13. The third-order valence-corrected chi connectivity index (χ3v) is 4.30. The van der Waals surface area contributed by atoms with E-state index in [4.69, 9.17) is 11.5 Å². The Morgan fingerprint density at radius 2 is 2.05 bits per heavy atom. The van der Waals surface area contributed by atoms with Crippen LogP contribution in [0.4, 0.5) is 0 Å². The first-order valence-electron chi connectivity index (χ1n) is 6.91. The smallest absolute Gasteiger partial charge is 0.240 e. The van der Waals surface area contributed by atoms with Crippen LogP contribution in [0.1, 0.15) is 17.1 Å². The van der Waals surface area contributed by atoms with E-state index in [1.165, 1.54) is 0 Å². The first-order valence-corrected chi connectivity index (χ1v) is 7.79. The van der Waals surface area contributed by atoms with Crippen molar-refractivity contribution < 1.29 is 9.59 Å². The Morgan fingerprint density at radius 1 is 1.38 bits per heavy atom. The zero-order chi connectivity index (χ0) is 15.4. The molecule has 21 heavy (non-hydrogen) atoms. The minimum Gasteiger partial charge on any atom is -0.370 e. The van der Waals surface area contributed by atoms with E-state index in [2.05, 4.69) is 15.3 Å². The molecule has 1 aliphatic rings. The maximum absolute atomic E-state index is 12.1. The van der Waals surface area contributed by atoms with Crippen LogP contribution in [0.2, 0.25) is 0 Å². The molecule has 116 valence electrons. The Labute approximate surface area is 127 Å². The number of aryl methyl sites for hydroxylation is 1. The Bertz CT molecular complexity index is 510. The zero-order valence-corrected chi connectivity index (χ0v) is 12.9. The molecule has 1 atom stereocenters. The largest absolute Gasteiger partial charge is 0.370 e. The van der Waals surface area contributed by atoms with E-state index < -0.39 is 11.9 Å². The van der Waals surface area contributed by atoms with E-state index in [9.17, 15) is 9.59 Å². The van der Waals surface area contributed by atoms with Gasteiger partial charge in [0.25, 0.3) is 0 Å². The normalized spacial score (nSPS) is 17.7. The molecule has 4 N–H and O–H groups in total. The van der Waals surface area contributed by atoms with Gasteiger partial charge >= 0.3 is 0 Å². The SMILES string of the molecule is Cc1nc(CN2CCN(C(=O)C(N)CC(N)=O)CC2)cs1. The molecule has 1 saturated heterocycles. The lowest BCUT2D eigenvalue weighted by molar-refractivity contribution is -0.136. The van der Waals surface area contributed by atoms with Gasteiger partial charge in [-0.3, -0.25) is 14.5 Å². The number of primary amides is 1. The van der Waals surface area contributed by atoms with Gasteiger partial charge < -0.3 is 16.4 Å². The fourth-order valence-corrected chi connectivity index (χ4v) is 2.98. The molecule has 8 heteroatoms. The van der Waals surface area contributed by atoms with Crippen molar-refractivity contribution >= 4 is 23.2 Å². The van der Waals surface area contributed by atoms with E-state index in [1.807, 2.05) is 6.92 Å². The minimum atomic E-state index is -0.824. The first-order chi connectivity index (χ1) is 9.95. The molecule has 1 aliphatic heterocycles. The highest BCUT2D eigenvalue weighted by molar-refractivity contribution is 7.09. The lowest BCUT2D eigenvalue weighted by Crippen LogP contribution is -2.53. The van der Waals surface area contributed by atoms with Gasteiger partial charge in [-0.15, -0.1) is 11.3 Å². The molecule has 2 heterocycles. The number of aromatic nitrogens is 1. The van der Waals surface area contributed by atoms with Crippen LogP contribution >= 0.6 is 11.3 Å². The second-order valence-electron chi connectivity index (χ2n) is 5.24. The number of nitrogens with two attached hydrogens (primary N) is 2. The van der Waals surface area contributed by atoms with Crippen molar-refractivity contribution in [3.63, 3.8) is 0 Å². The van der Waals surface area contributed by atoms with Gasteiger partial charge in [0.05, 0.1) is 23.2 Å². The number of carbonyl (C=O) groups excluding carboxylic acids is 2. The number of amides is 2. The standard InChI is InChI=1S/C13H21N5O2S/c1-9-16-10(8-21-9)7-17-2-4-18(5-3-17)13(20)11(14)6-12(15)19/h8,11H,2-7,14H2,1H3,(H2,15,19). The summed E-state index contributed by atoms with van der Waals surface area (Å²) in [5.74, 6) is -0.744. The highest BCUT2D eigenvalue weighted by atomic mass is 32.1. The third kappa shape index (κ3) is 4.48. The van der Waals surface area contributed by atoms with Gasteiger partial charge in [-0.05, 0) is 6.92 Å². The number of thiazole rings is 1. The summed E-state index contributed by atoms with van der Waals surface area (Å²) < 4.78 is 0. The topological polar surface area (TPSA) is 106 Å². The predicted octanol–water partition coefficient (Wildman–Crippen LogP) is -0.702. The first kappa shape index (κ1) is 15.9. The highest BCUT2D eigenvalue weighted by Gasteiger charge is 2.26. The van der Waals surface area contributed by atoms with Crippen LogP contribution in [0.5, 0.6) is 0 Å². The molecule has 1 fully saturated rings. The summed E-state index contributed by atoms with van der Waals surface area (Å²) in [6.07, 6.45) is -0.100. The Balaban J connectivity index is 1.80. The van der Waals surface area contributed by atoms with E-state index in [-0.39, 0.29) is 12.3 Å². The highest BCUT2D eigenvalue weighted by Crippen LogP contribution is 2.12. The Morgan fingerprint density at radius 3 is 2.57 bits per heavy atom. The van der Waals surface area contributed by atoms with Gasteiger partial charge in [0.15, 0.2) is 0 Å². The average Bonchev–Trinajstić information content (AvgIpc) is 2.83. The molecule has 2 amide bonds. The molecule has 0 saturated carbocycles. The number of rotatable bonds is 5. The monoisotopic (exact) mass is 311 g/mol. The van der Waals surface area contributed by atoms with Gasteiger partial charge in [-0.25, -0.2) is 4.98 Å². The molecule has 1 aromatic rings. The summed E-state index contributed by atoms with van der Waals surface area (Å²) >= 11 is 1.65. The van der Waals surface area contributed by atoms with Gasteiger partial charge in [-0.2, -0.15) is 0 Å². The molecule has 7 nitrogen and oxygen atoms in total. The van der Waals surface area contributed by atoms with Crippen LogP contribution < -0.4 is 11.5 Å². The van der Waals surface area contributed by atoms with Crippen LogP contribution in [-0.4, -0.2) is 58.8 Å². The molecule has 0 aromatic carbocycles. The van der Waals surface area contributed by atoms with Crippen molar-refractivity contribution in [2.75, 3.05) is 26.2 Å². The number of piperazine rings is 1. The molecule has 0 radical (unpaired) electrons. The van der Waals surface area contributed by atoms with E-state index in [0.717, 1.165) is 30.3 Å². The van der Waals surface area contributed by atoms with Crippen LogP contribution in [0, 0.1) is 6.92 Å². The molecule has 0 spiro atoms. The van der Waals surface area contributed by atoms with Crippen molar-refractivity contribution in [2.24, 2.45) is 11.5 Å². The number of hydrogen-bond acceptors (Lipinski definition) is 6.